The Morgan fingerprint density at radius 2 is 1.74 bits per heavy atom. The lowest BCUT2D eigenvalue weighted by Gasteiger charge is -2.09. The number of hydrogen-bond donors (Lipinski definition) is 1. The summed E-state index contributed by atoms with van der Waals surface area (Å²) in [4.78, 5) is 30.1. The lowest BCUT2D eigenvalue weighted by atomic mass is 10.1. The first-order valence-corrected chi connectivity index (χ1v) is 10.5. The number of halogens is 1. The number of anilines is 1. The number of carbonyl (C=O) groups excluding carboxylic acids is 1. The molecule has 0 bridgehead atoms. The quantitative estimate of drug-likeness (QED) is 0.479. The summed E-state index contributed by atoms with van der Waals surface area (Å²) in [6.07, 6.45) is 0. The standard InChI is InChI=1S/C23H19FN4O2S/c1-14(2)28-19(29)13-12-18(27-28)21-20(15-6-4-3-5-7-15)25-23(31-21)26-22(30)16-8-10-17(24)11-9-16/h3-14H,1-2H3,(H,25,26,30). The van der Waals surface area contributed by atoms with Crippen LogP contribution in [0, 0.1) is 5.82 Å². The average Bonchev–Trinajstić information content (AvgIpc) is 3.18. The number of nitrogens with one attached hydrogen (secondary N) is 1. The minimum absolute atomic E-state index is 0.0989. The second kappa shape index (κ2) is 8.61. The first kappa shape index (κ1) is 20.6. The van der Waals surface area contributed by atoms with Gasteiger partial charge in [-0.2, -0.15) is 5.10 Å². The summed E-state index contributed by atoms with van der Waals surface area (Å²) in [5.41, 5.74) is 2.24. The van der Waals surface area contributed by atoms with Crippen molar-refractivity contribution in [3.63, 3.8) is 0 Å². The van der Waals surface area contributed by atoms with Crippen molar-refractivity contribution >= 4 is 22.4 Å². The van der Waals surface area contributed by atoms with Crippen LogP contribution < -0.4 is 10.9 Å². The van der Waals surface area contributed by atoms with Crippen molar-refractivity contribution in [1.29, 1.82) is 0 Å². The van der Waals surface area contributed by atoms with Crippen LogP contribution in [-0.2, 0) is 0 Å². The number of amides is 1. The molecule has 31 heavy (non-hydrogen) atoms. The van der Waals surface area contributed by atoms with Crippen LogP contribution in [0.15, 0.2) is 71.5 Å². The first-order valence-electron chi connectivity index (χ1n) is 9.66. The Balaban J connectivity index is 1.77. The Morgan fingerprint density at radius 3 is 2.42 bits per heavy atom. The summed E-state index contributed by atoms with van der Waals surface area (Å²) in [6, 6.07) is 17.9. The van der Waals surface area contributed by atoms with Crippen molar-refractivity contribution in [2.45, 2.75) is 19.9 Å². The number of rotatable bonds is 5. The highest BCUT2D eigenvalue weighted by atomic mass is 32.1. The summed E-state index contributed by atoms with van der Waals surface area (Å²) >= 11 is 1.26. The molecule has 0 aliphatic rings. The molecule has 0 spiro atoms. The van der Waals surface area contributed by atoms with Crippen molar-refractivity contribution < 1.29 is 9.18 Å². The average molecular weight is 434 g/mol. The van der Waals surface area contributed by atoms with Crippen molar-refractivity contribution in [3.05, 3.63) is 88.5 Å². The van der Waals surface area contributed by atoms with Crippen LogP contribution in [0.1, 0.15) is 30.2 Å². The zero-order chi connectivity index (χ0) is 22.0. The zero-order valence-electron chi connectivity index (χ0n) is 16.9. The number of aromatic nitrogens is 3. The second-order valence-electron chi connectivity index (χ2n) is 7.12. The summed E-state index contributed by atoms with van der Waals surface area (Å²) in [6.45, 7) is 3.77. The largest absolute Gasteiger partial charge is 0.298 e. The number of nitrogens with zero attached hydrogens (tertiary/aromatic N) is 3. The SMILES string of the molecule is CC(C)n1nc(-c2sc(NC(=O)c3ccc(F)cc3)nc2-c2ccccc2)ccc1=O. The van der Waals surface area contributed by atoms with Crippen molar-refractivity contribution in [2.75, 3.05) is 5.32 Å². The van der Waals surface area contributed by atoms with E-state index in [0.29, 0.717) is 22.1 Å². The third-order valence-electron chi connectivity index (χ3n) is 4.55. The van der Waals surface area contributed by atoms with Gasteiger partial charge in [-0.3, -0.25) is 14.9 Å². The zero-order valence-corrected chi connectivity index (χ0v) is 17.7. The van der Waals surface area contributed by atoms with Crippen LogP contribution in [0.4, 0.5) is 9.52 Å². The molecule has 0 radical (unpaired) electrons. The van der Waals surface area contributed by atoms with Crippen LogP contribution in [-0.4, -0.2) is 20.7 Å². The van der Waals surface area contributed by atoms with Gasteiger partial charge in [0.2, 0.25) is 0 Å². The van der Waals surface area contributed by atoms with Crippen molar-refractivity contribution in [2.24, 2.45) is 0 Å². The molecule has 0 saturated heterocycles. The molecule has 0 unspecified atom stereocenters. The minimum atomic E-state index is -0.411. The van der Waals surface area contributed by atoms with Gasteiger partial charge >= 0.3 is 0 Å². The molecule has 4 rings (SSSR count). The monoisotopic (exact) mass is 434 g/mol. The lowest BCUT2D eigenvalue weighted by Crippen LogP contribution is -2.23. The van der Waals surface area contributed by atoms with Gasteiger partial charge in [-0.1, -0.05) is 41.7 Å². The smallest absolute Gasteiger partial charge is 0.267 e. The molecule has 2 aromatic carbocycles. The third-order valence-corrected chi connectivity index (χ3v) is 5.54. The summed E-state index contributed by atoms with van der Waals surface area (Å²) in [5.74, 6) is -0.800. The molecule has 8 heteroatoms. The predicted molar refractivity (Wildman–Crippen MR) is 120 cm³/mol. The fourth-order valence-electron chi connectivity index (χ4n) is 3.03. The summed E-state index contributed by atoms with van der Waals surface area (Å²) in [5, 5.41) is 7.67. The topological polar surface area (TPSA) is 76.9 Å². The molecule has 1 amide bonds. The maximum absolute atomic E-state index is 13.2. The number of hydrogen-bond acceptors (Lipinski definition) is 5. The molecule has 2 heterocycles. The van der Waals surface area contributed by atoms with Gasteiger partial charge in [0.1, 0.15) is 11.5 Å². The Hall–Kier alpha value is -3.65. The van der Waals surface area contributed by atoms with Gasteiger partial charge in [-0.15, -0.1) is 0 Å². The van der Waals surface area contributed by atoms with Gasteiger partial charge in [0.15, 0.2) is 5.13 Å². The summed E-state index contributed by atoms with van der Waals surface area (Å²) < 4.78 is 14.6. The van der Waals surface area contributed by atoms with Gasteiger partial charge in [0, 0.05) is 17.2 Å². The number of carbonyl (C=O) groups is 1. The van der Waals surface area contributed by atoms with E-state index in [2.05, 4.69) is 15.4 Å². The summed E-state index contributed by atoms with van der Waals surface area (Å²) in [7, 11) is 0. The molecular weight excluding hydrogens is 415 g/mol. The van der Waals surface area contributed by atoms with E-state index in [1.165, 1.54) is 46.4 Å². The molecule has 156 valence electrons. The number of benzene rings is 2. The van der Waals surface area contributed by atoms with Gasteiger partial charge in [-0.05, 0) is 44.2 Å². The highest BCUT2D eigenvalue weighted by Crippen LogP contribution is 2.38. The second-order valence-corrected chi connectivity index (χ2v) is 8.12. The van der Waals surface area contributed by atoms with Crippen LogP contribution in [0.2, 0.25) is 0 Å². The Labute approximate surface area is 182 Å². The van der Waals surface area contributed by atoms with Gasteiger partial charge in [0.05, 0.1) is 16.6 Å². The fraction of sp³-hybridized carbons (Fsp3) is 0.130. The predicted octanol–water partition coefficient (Wildman–Crippen LogP) is 5.01. The van der Waals surface area contributed by atoms with E-state index in [1.807, 2.05) is 44.2 Å². The third kappa shape index (κ3) is 4.44. The molecule has 0 aliphatic heterocycles. The molecule has 2 aromatic heterocycles. The van der Waals surface area contributed by atoms with Crippen LogP contribution in [0.25, 0.3) is 21.8 Å². The lowest BCUT2D eigenvalue weighted by molar-refractivity contribution is 0.102. The fourth-order valence-corrected chi connectivity index (χ4v) is 3.97. The minimum Gasteiger partial charge on any atom is -0.298 e. The van der Waals surface area contributed by atoms with E-state index in [9.17, 15) is 14.0 Å². The highest BCUT2D eigenvalue weighted by Gasteiger charge is 2.19. The molecule has 6 nitrogen and oxygen atoms in total. The van der Waals surface area contributed by atoms with E-state index in [1.54, 1.807) is 6.07 Å². The maximum atomic E-state index is 13.2. The van der Waals surface area contributed by atoms with Gasteiger partial charge in [-0.25, -0.2) is 14.1 Å². The van der Waals surface area contributed by atoms with Gasteiger partial charge in [0.25, 0.3) is 11.5 Å². The van der Waals surface area contributed by atoms with Crippen molar-refractivity contribution in [1.82, 2.24) is 14.8 Å². The molecule has 4 aromatic rings. The van der Waals surface area contributed by atoms with Crippen LogP contribution in [0.5, 0.6) is 0 Å². The van der Waals surface area contributed by atoms with E-state index < -0.39 is 5.82 Å². The van der Waals surface area contributed by atoms with Crippen molar-refractivity contribution in [3.8, 4) is 21.8 Å². The van der Waals surface area contributed by atoms with E-state index in [4.69, 9.17) is 0 Å². The van der Waals surface area contributed by atoms with E-state index in [-0.39, 0.29) is 17.5 Å². The molecular formula is C23H19FN4O2S. The molecule has 0 saturated carbocycles. The molecule has 0 aliphatic carbocycles. The molecule has 0 fully saturated rings. The normalized spacial score (nSPS) is 11.0. The molecule has 1 N–H and O–H groups in total. The van der Waals surface area contributed by atoms with Gasteiger partial charge < -0.3 is 0 Å². The Kier molecular flexibility index (Phi) is 5.73. The number of thiazole rings is 1. The molecule has 0 atom stereocenters. The Bertz CT molecular complexity index is 1280. The van der Waals surface area contributed by atoms with Crippen LogP contribution >= 0.6 is 11.3 Å². The first-order chi connectivity index (χ1) is 14.9. The maximum Gasteiger partial charge on any atom is 0.267 e. The van der Waals surface area contributed by atoms with E-state index >= 15 is 0 Å². The van der Waals surface area contributed by atoms with E-state index in [0.717, 1.165) is 10.4 Å². The Morgan fingerprint density at radius 1 is 1.03 bits per heavy atom. The van der Waals surface area contributed by atoms with Crippen LogP contribution in [0.3, 0.4) is 0 Å². The highest BCUT2D eigenvalue weighted by molar-refractivity contribution is 7.19.